The van der Waals surface area contributed by atoms with Gasteiger partial charge in [0.2, 0.25) is 39.6 Å². The lowest BCUT2D eigenvalue weighted by atomic mass is 9.89. The lowest BCUT2D eigenvalue weighted by Gasteiger charge is -2.41. The third-order valence-electron chi connectivity index (χ3n) is 16.3. The molecule has 0 radical (unpaired) electrons. The van der Waals surface area contributed by atoms with Crippen LogP contribution in [0, 0.1) is 23.7 Å². The normalized spacial score (nSPS) is 20.7. The molecule has 26 heteroatoms. The van der Waals surface area contributed by atoms with Gasteiger partial charge in [0.15, 0.2) is 6.61 Å². The average molecular weight is 1270 g/mol. The number of fused-ring (bicyclic) bond motifs is 2. The van der Waals surface area contributed by atoms with Crippen LogP contribution in [0.3, 0.4) is 0 Å². The number of sulfonamides is 1. The zero-order chi connectivity index (χ0) is 63.7. The highest BCUT2D eigenvalue weighted by Gasteiger charge is 2.44. The Kier molecular flexibility index (Phi) is 26.5. The first-order chi connectivity index (χ1) is 41.4. The van der Waals surface area contributed by atoms with Gasteiger partial charge in [-0.1, -0.05) is 90.5 Å². The first-order valence-corrected chi connectivity index (χ1v) is 33.6. The molecule has 2 bridgehead atoms. The Labute approximate surface area is 521 Å². The summed E-state index contributed by atoms with van der Waals surface area (Å²) >= 11 is 3.39. The van der Waals surface area contributed by atoms with Gasteiger partial charge in [-0.3, -0.25) is 54.0 Å². The fourth-order valence-corrected chi connectivity index (χ4v) is 14.6. The fourth-order valence-electron chi connectivity index (χ4n) is 11.2. The minimum absolute atomic E-state index is 0.00907. The minimum Gasteiger partial charge on any atom is -0.484 e. The molecule has 87 heavy (non-hydrogen) atoms. The second-order valence-corrected chi connectivity index (χ2v) is 27.8. The van der Waals surface area contributed by atoms with Crippen LogP contribution >= 0.6 is 23.5 Å². The maximum atomic E-state index is 14.6. The Morgan fingerprint density at radius 3 is 2.16 bits per heavy atom. The lowest BCUT2D eigenvalue weighted by molar-refractivity contribution is -0.148. The zero-order valence-corrected chi connectivity index (χ0v) is 54.9. The van der Waals surface area contributed by atoms with E-state index >= 15 is 0 Å². The van der Waals surface area contributed by atoms with Gasteiger partial charge in [0.05, 0.1) is 59.3 Å². The Bertz CT molecular complexity index is 2950. The van der Waals surface area contributed by atoms with Gasteiger partial charge in [-0.15, -0.1) is 28.6 Å². The molecule has 2 aliphatic heterocycles. The molecule has 5 N–H and O–H groups in total. The second-order valence-electron chi connectivity index (χ2n) is 23.7. The lowest BCUT2D eigenvalue weighted by Crippen LogP contribution is -2.59. The van der Waals surface area contributed by atoms with Crippen LogP contribution in [0.5, 0.6) is 5.75 Å². The topological polar surface area (TPSA) is 282 Å². The molecular formula is C61H91N11O12S3. The van der Waals surface area contributed by atoms with E-state index in [1.54, 1.807) is 71.6 Å². The number of thioether (sulfide) groups is 2. The van der Waals surface area contributed by atoms with Crippen molar-refractivity contribution < 1.29 is 56.2 Å². The van der Waals surface area contributed by atoms with Crippen molar-refractivity contribution in [1.29, 1.82) is 0 Å². The van der Waals surface area contributed by atoms with Gasteiger partial charge in [0, 0.05) is 68.5 Å². The summed E-state index contributed by atoms with van der Waals surface area (Å²) in [6, 6.07) is 2.58. The van der Waals surface area contributed by atoms with Crippen molar-refractivity contribution in [1.82, 2.24) is 55.9 Å². The largest absolute Gasteiger partial charge is 0.484 e. The van der Waals surface area contributed by atoms with Crippen molar-refractivity contribution in [2.75, 3.05) is 48.5 Å². The van der Waals surface area contributed by atoms with Crippen LogP contribution in [-0.2, 0) is 77.5 Å². The molecule has 2 fully saturated rings. The van der Waals surface area contributed by atoms with E-state index in [0.717, 1.165) is 21.2 Å². The van der Waals surface area contributed by atoms with Crippen LogP contribution in [0.15, 0.2) is 70.5 Å². The number of benzene rings is 1. The van der Waals surface area contributed by atoms with Crippen molar-refractivity contribution in [3.63, 3.8) is 0 Å². The molecule has 1 aromatic carbocycles. The quantitative estimate of drug-likeness (QED) is 0.0648. The molecule has 1 aromatic heterocycles. The molecule has 7 amide bonds. The summed E-state index contributed by atoms with van der Waals surface area (Å²) in [4.78, 5) is 104. The molecule has 0 spiro atoms. The molecule has 0 unspecified atom stereocenters. The molecule has 1 saturated carbocycles. The highest BCUT2D eigenvalue weighted by Crippen LogP contribution is 2.35. The van der Waals surface area contributed by atoms with Gasteiger partial charge in [-0.05, 0) is 99.9 Å². The molecule has 6 rings (SSSR count). The Morgan fingerprint density at radius 2 is 1.52 bits per heavy atom. The van der Waals surface area contributed by atoms with E-state index in [0.29, 0.717) is 68.7 Å². The van der Waals surface area contributed by atoms with Crippen molar-refractivity contribution in [3.05, 3.63) is 87.5 Å². The number of likely N-dealkylation sites (N-methyl/N-ethyl adjacent to an activating group) is 2. The van der Waals surface area contributed by atoms with Gasteiger partial charge in [-0.25, -0.2) is 13.1 Å². The van der Waals surface area contributed by atoms with Crippen LogP contribution in [-0.4, -0.2) is 176 Å². The second kappa shape index (κ2) is 33.0. The summed E-state index contributed by atoms with van der Waals surface area (Å²) in [7, 11) is 4.29. The molecule has 480 valence electrons. The third kappa shape index (κ3) is 19.7. The predicted molar refractivity (Wildman–Crippen MR) is 335 cm³/mol. The maximum absolute atomic E-state index is 14.6. The number of nitrogens with one attached hydrogen (secondary N) is 5. The predicted octanol–water partition coefficient (Wildman–Crippen LogP) is 4.94. The van der Waals surface area contributed by atoms with E-state index in [4.69, 9.17) is 14.2 Å². The number of aryl methyl sites for hydroxylation is 1. The number of hydrazine groups is 1. The average Bonchev–Trinajstić information content (AvgIpc) is 3.05. The van der Waals surface area contributed by atoms with Gasteiger partial charge in [0.25, 0.3) is 11.8 Å². The van der Waals surface area contributed by atoms with Crippen molar-refractivity contribution in [3.8, 4) is 5.75 Å². The highest BCUT2D eigenvalue weighted by atomic mass is 32.2. The summed E-state index contributed by atoms with van der Waals surface area (Å²) in [5.74, 6) is -3.04. The van der Waals surface area contributed by atoms with Crippen molar-refractivity contribution in [2.24, 2.45) is 23.7 Å². The van der Waals surface area contributed by atoms with E-state index < -0.39 is 93.8 Å². The number of likely N-dealkylation sites (tertiary alicyclic amines) is 1. The number of nitrogens with zero attached hydrogens (tertiary/aromatic N) is 6. The number of methoxy groups -OCH3 is 2. The smallest absolute Gasteiger partial charge is 0.276 e. The van der Waals surface area contributed by atoms with E-state index in [1.165, 1.54) is 14.2 Å². The number of rotatable bonds is 30. The van der Waals surface area contributed by atoms with Crippen LogP contribution in [0.1, 0.15) is 117 Å². The molecule has 23 nitrogen and oxygen atoms in total. The molecule has 9 atom stereocenters. The maximum Gasteiger partial charge on any atom is 0.276 e. The van der Waals surface area contributed by atoms with E-state index in [9.17, 15) is 42.0 Å². The number of amides is 7. The fraction of sp³-hybridized carbons (Fsp3) is 0.623. The van der Waals surface area contributed by atoms with Crippen LogP contribution in [0.25, 0.3) is 0 Å². The summed E-state index contributed by atoms with van der Waals surface area (Å²) in [5.41, 5.74) is 7.23. The van der Waals surface area contributed by atoms with Gasteiger partial charge >= 0.3 is 0 Å². The Hall–Kier alpha value is -6.06. The van der Waals surface area contributed by atoms with Gasteiger partial charge < -0.3 is 34.6 Å². The number of hydrogen-bond acceptors (Lipinski definition) is 17. The van der Waals surface area contributed by atoms with Crippen LogP contribution in [0.4, 0.5) is 0 Å². The van der Waals surface area contributed by atoms with Crippen molar-refractivity contribution >= 4 is 74.9 Å². The van der Waals surface area contributed by atoms with Crippen LogP contribution < -0.4 is 30.9 Å². The number of allylic oxidation sites excluding steroid dienone is 6. The van der Waals surface area contributed by atoms with Crippen LogP contribution in [0.2, 0.25) is 0 Å². The van der Waals surface area contributed by atoms with Gasteiger partial charge in [0.1, 0.15) is 17.8 Å². The summed E-state index contributed by atoms with van der Waals surface area (Å²) in [5, 5.41) is 13.9. The zero-order valence-electron chi connectivity index (χ0n) is 52.4. The minimum atomic E-state index is -4.01. The number of aromatic nitrogens is 3. The summed E-state index contributed by atoms with van der Waals surface area (Å²) < 4.78 is 47.9. The first kappa shape index (κ1) is 70.0. The number of hydrogen-bond donors (Lipinski definition) is 5. The summed E-state index contributed by atoms with van der Waals surface area (Å²) in [6.45, 7) is 13.7. The van der Waals surface area contributed by atoms with E-state index in [-0.39, 0.29) is 60.5 Å². The molecule has 1 saturated heterocycles. The molecule has 3 heterocycles. The molecule has 4 aliphatic rings. The van der Waals surface area contributed by atoms with E-state index in [1.807, 2.05) is 83.4 Å². The standard InChI is InChI=1S/C61H91N11O12S3/c1-13-39(6)56(70(10)61(79)54(37(2)3)63-60(78)55(38(4)5)69(8)9)50(82-11)33-53(75)71-29-17-21-48(71)57(83-12)40(7)58(76)62-46(59(77)67-87(80,81)45-27-28-45)31-41-23-25-42(26-24-41)84-34-52(74)66-65-51(73)22-18-30-72-49-36-86-44-20-16-14-15-19-43(32-44)85-35-47(49)64-68-72/h14-16,19-20,23-26,32,37-40,45-46,48,50,54-57H,13,17-18,21-22,27-31,33-36H2,1-12H3,(H,62,76)(H,63,78)(H,65,73)(H,66,74)(H,67,77)/b15-14?,16-14-,19-15+,20-16?,43-19?,43-32+,44-20-,44-32?/t39-,40+,46-,48-,50+,54-,55-,56-,57+/m0/s1. The molecular weight excluding hydrogens is 1170 g/mol. The van der Waals surface area contributed by atoms with Gasteiger partial charge in [-0.2, -0.15) is 0 Å². The molecule has 2 aliphatic carbocycles. The van der Waals surface area contributed by atoms with Crippen molar-refractivity contribution in [2.45, 2.75) is 172 Å². The number of carbonyl (C=O) groups is 7. The van der Waals surface area contributed by atoms with E-state index in [2.05, 4.69) is 54.7 Å². The SMILES string of the molecule is CC[C@H](C)[C@@H]([C@@H](CC(=O)N1CCC[C@H]1[C@H](OC)[C@@H](C)C(=O)N[C@@H](Cc1ccc(OCC(=O)NNC(=O)CCCn2nnc3c2CSC2=C\C=C/C=C/C(=C\2)SC3)cc1)C(=O)NS(=O)(=O)C1CC1)OC)N(C)C(=O)[C@@H](NC(=O)[C@H](C(C)C)N(C)C)C(C)C. The monoisotopic (exact) mass is 1270 g/mol. The Balaban J connectivity index is 1.03. The highest BCUT2D eigenvalue weighted by molar-refractivity contribution is 8.03. The summed E-state index contributed by atoms with van der Waals surface area (Å²) in [6.07, 6.45) is 13.7. The first-order valence-electron chi connectivity index (χ1n) is 30.0. The molecule has 2 aromatic rings. The number of carbonyl (C=O) groups excluding carboxylic acids is 7. The Morgan fingerprint density at radius 1 is 0.816 bits per heavy atom. The third-order valence-corrected chi connectivity index (χ3v) is 20.2. The number of ether oxygens (including phenoxy) is 3.